The number of rotatable bonds is 9. The Hall–Kier alpha value is -2.19. The first kappa shape index (κ1) is 23.1. The third kappa shape index (κ3) is 6.14. The van der Waals surface area contributed by atoms with Crippen molar-refractivity contribution in [1.82, 2.24) is 10.0 Å². The molecule has 0 spiro atoms. The van der Waals surface area contributed by atoms with E-state index < -0.39 is 29.4 Å². The smallest absolute Gasteiger partial charge is 0.319 e. The first-order valence-electron chi connectivity index (χ1n) is 9.05. The molecule has 0 aliphatic rings. The second kappa shape index (κ2) is 10.0. The van der Waals surface area contributed by atoms with Crippen LogP contribution in [0.5, 0.6) is 0 Å². The first-order chi connectivity index (χ1) is 13.7. The van der Waals surface area contributed by atoms with Gasteiger partial charge in [0.05, 0.1) is 18.1 Å². The molecule has 8 nitrogen and oxygen atoms in total. The molecule has 0 saturated heterocycles. The predicted molar refractivity (Wildman–Crippen MR) is 110 cm³/mol. The van der Waals surface area contributed by atoms with E-state index in [-0.39, 0.29) is 18.1 Å². The van der Waals surface area contributed by atoms with Gasteiger partial charge in [0, 0.05) is 0 Å². The Balaban J connectivity index is 2.29. The van der Waals surface area contributed by atoms with Crippen molar-refractivity contribution in [1.29, 1.82) is 0 Å². The second-order valence-electron chi connectivity index (χ2n) is 6.08. The van der Waals surface area contributed by atoms with Crippen molar-refractivity contribution in [2.75, 3.05) is 13.2 Å². The molecule has 0 heterocycles. The van der Waals surface area contributed by atoms with Gasteiger partial charge in [-0.1, -0.05) is 48.0 Å². The van der Waals surface area contributed by atoms with Gasteiger partial charge < -0.3 is 14.4 Å². The Morgan fingerprint density at radius 3 is 2.07 bits per heavy atom. The van der Waals surface area contributed by atoms with Crippen LogP contribution in [0.25, 0.3) is 0 Å². The summed E-state index contributed by atoms with van der Waals surface area (Å²) in [6.07, 6.45) is 0. The van der Waals surface area contributed by atoms with E-state index in [0.717, 1.165) is 5.56 Å². The van der Waals surface area contributed by atoms with Crippen LogP contribution in [-0.4, -0.2) is 27.7 Å². The topological polar surface area (TPSA) is 111 Å². The van der Waals surface area contributed by atoms with E-state index >= 15 is 0 Å². The Labute approximate surface area is 171 Å². The molecule has 2 amide bonds. The summed E-state index contributed by atoms with van der Waals surface area (Å²) >= 11 is 0. The van der Waals surface area contributed by atoms with Crippen molar-refractivity contribution >= 4 is 23.7 Å². The molecule has 0 saturated carbocycles. The van der Waals surface area contributed by atoms with Crippen LogP contribution >= 0.6 is 7.60 Å². The summed E-state index contributed by atoms with van der Waals surface area (Å²) in [6, 6.07) is 13.4. The molecule has 0 bridgehead atoms. The number of hydrogen-bond donors (Lipinski definition) is 2. The van der Waals surface area contributed by atoms with Crippen LogP contribution in [0.3, 0.4) is 0 Å². The fourth-order valence-electron chi connectivity index (χ4n) is 2.58. The lowest BCUT2D eigenvalue weighted by Gasteiger charge is -2.27. The third-order valence-electron chi connectivity index (χ3n) is 3.88. The number of nitrogens with one attached hydrogen (secondary N) is 2. The van der Waals surface area contributed by atoms with Crippen LogP contribution in [0, 0.1) is 6.92 Å². The summed E-state index contributed by atoms with van der Waals surface area (Å²) in [5.41, 5.74) is 1.34. The minimum Gasteiger partial charge on any atom is -0.319 e. The van der Waals surface area contributed by atoms with E-state index in [0.29, 0.717) is 5.56 Å². The standard InChI is InChI=1S/C19H25N2O6PS/c1-4-26-28(23,27-5-2)18(16-9-7-6-8-10-16)20-19(22)21-29(24,25)17-13-11-15(3)12-14-17/h6-14,18H,4-5H2,1-3H3,(H2,20,21,22)/t18-/m0/s1. The molecule has 2 rings (SSSR count). The number of sulfonamides is 1. The van der Waals surface area contributed by atoms with Crippen molar-refractivity contribution in [3.05, 3.63) is 65.7 Å². The number of urea groups is 1. The summed E-state index contributed by atoms with van der Waals surface area (Å²) in [7, 11) is -7.92. The molecular formula is C19H25N2O6PS. The predicted octanol–water partition coefficient (Wildman–Crippen LogP) is 3.95. The first-order valence-corrected chi connectivity index (χ1v) is 12.1. The highest BCUT2D eigenvalue weighted by Crippen LogP contribution is 2.59. The zero-order chi connectivity index (χ0) is 21.5. The molecule has 0 aliphatic carbocycles. The van der Waals surface area contributed by atoms with Gasteiger partial charge in [0.1, 0.15) is 0 Å². The highest BCUT2D eigenvalue weighted by atomic mass is 32.2. The normalized spacial score (nSPS) is 12.9. The van der Waals surface area contributed by atoms with Gasteiger partial charge in [0.2, 0.25) is 0 Å². The summed E-state index contributed by atoms with van der Waals surface area (Å²) in [5, 5.41) is 2.44. The van der Waals surface area contributed by atoms with E-state index in [1.54, 1.807) is 56.3 Å². The lowest BCUT2D eigenvalue weighted by atomic mass is 10.2. The average molecular weight is 440 g/mol. The number of benzene rings is 2. The van der Waals surface area contributed by atoms with Gasteiger partial charge in [-0.15, -0.1) is 0 Å². The van der Waals surface area contributed by atoms with Crippen molar-refractivity contribution in [2.45, 2.75) is 31.4 Å². The molecule has 0 radical (unpaired) electrons. The van der Waals surface area contributed by atoms with E-state index in [1.165, 1.54) is 12.1 Å². The van der Waals surface area contributed by atoms with Crippen molar-refractivity contribution in [2.24, 2.45) is 0 Å². The lowest BCUT2D eigenvalue weighted by Crippen LogP contribution is -2.41. The molecular weight excluding hydrogens is 415 g/mol. The van der Waals surface area contributed by atoms with E-state index in [4.69, 9.17) is 9.05 Å². The van der Waals surface area contributed by atoms with Gasteiger partial charge in [-0.25, -0.2) is 17.9 Å². The van der Waals surface area contributed by atoms with Crippen LogP contribution in [0.4, 0.5) is 4.79 Å². The Bertz CT molecular complexity index is 954. The van der Waals surface area contributed by atoms with E-state index in [2.05, 4.69) is 5.32 Å². The van der Waals surface area contributed by atoms with Gasteiger partial charge in [-0.3, -0.25) is 4.57 Å². The summed E-state index contributed by atoms with van der Waals surface area (Å²) in [5.74, 6) is -1.18. The second-order valence-corrected chi connectivity index (χ2v) is 9.88. The third-order valence-corrected chi connectivity index (χ3v) is 7.52. The monoisotopic (exact) mass is 440 g/mol. The van der Waals surface area contributed by atoms with E-state index in [9.17, 15) is 17.8 Å². The highest BCUT2D eigenvalue weighted by Gasteiger charge is 2.38. The highest BCUT2D eigenvalue weighted by molar-refractivity contribution is 7.90. The molecule has 1 atom stereocenters. The molecule has 29 heavy (non-hydrogen) atoms. The van der Waals surface area contributed by atoms with Crippen LogP contribution in [0.2, 0.25) is 0 Å². The maximum Gasteiger partial charge on any atom is 0.357 e. The molecule has 0 aliphatic heterocycles. The number of carbonyl (C=O) groups excluding carboxylic acids is 1. The average Bonchev–Trinajstić information content (AvgIpc) is 2.67. The maximum absolute atomic E-state index is 13.3. The molecule has 0 fully saturated rings. The Kier molecular flexibility index (Phi) is 7.98. The van der Waals surface area contributed by atoms with Crippen molar-refractivity contribution in [3.8, 4) is 0 Å². The molecule has 0 aromatic heterocycles. The van der Waals surface area contributed by atoms with Crippen molar-refractivity contribution < 1.29 is 26.8 Å². The number of aryl methyl sites for hydroxylation is 1. The van der Waals surface area contributed by atoms with Crippen molar-refractivity contribution in [3.63, 3.8) is 0 Å². The molecule has 10 heteroatoms. The Morgan fingerprint density at radius 2 is 1.55 bits per heavy atom. The zero-order valence-electron chi connectivity index (χ0n) is 16.5. The summed E-state index contributed by atoms with van der Waals surface area (Å²) < 4.78 is 50.9. The van der Waals surface area contributed by atoms with Crippen LogP contribution in [0.1, 0.15) is 30.8 Å². The number of amides is 2. The van der Waals surface area contributed by atoms with Crippen LogP contribution in [-0.2, 0) is 23.6 Å². The van der Waals surface area contributed by atoms with Crippen LogP contribution in [0.15, 0.2) is 59.5 Å². The van der Waals surface area contributed by atoms with Gasteiger partial charge in [0.15, 0.2) is 5.78 Å². The zero-order valence-corrected chi connectivity index (χ0v) is 18.2. The van der Waals surface area contributed by atoms with E-state index in [1.807, 2.05) is 11.6 Å². The number of hydrogen-bond acceptors (Lipinski definition) is 6. The minimum atomic E-state index is -4.11. The minimum absolute atomic E-state index is 0.0627. The van der Waals surface area contributed by atoms with Gasteiger partial charge in [0.25, 0.3) is 10.0 Å². The summed E-state index contributed by atoms with van der Waals surface area (Å²) in [6.45, 7) is 5.29. The summed E-state index contributed by atoms with van der Waals surface area (Å²) in [4.78, 5) is 12.4. The Morgan fingerprint density at radius 1 is 1.00 bits per heavy atom. The quantitative estimate of drug-likeness (QED) is 0.571. The fourth-order valence-corrected chi connectivity index (χ4v) is 5.40. The molecule has 0 unspecified atom stereocenters. The van der Waals surface area contributed by atoms with Gasteiger partial charge in [-0.05, 0) is 38.5 Å². The number of carbonyl (C=O) groups is 1. The maximum atomic E-state index is 13.3. The van der Waals surface area contributed by atoms with Crippen LogP contribution < -0.4 is 10.0 Å². The molecule has 2 N–H and O–H groups in total. The molecule has 2 aromatic carbocycles. The SMILES string of the molecule is CCOP(=O)(OCC)[C@H](NC(=O)NS(=O)(=O)c1ccc(C)cc1)c1ccccc1. The molecule has 158 valence electrons. The van der Waals surface area contributed by atoms with Gasteiger partial charge in [-0.2, -0.15) is 0 Å². The fraction of sp³-hybridized carbons (Fsp3) is 0.316. The lowest BCUT2D eigenvalue weighted by molar-refractivity contribution is 0.204. The van der Waals surface area contributed by atoms with Gasteiger partial charge >= 0.3 is 13.6 Å². The molecule has 2 aromatic rings. The largest absolute Gasteiger partial charge is 0.357 e.